The number of rotatable bonds is 9. The van der Waals surface area contributed by atoms with E-state index in [1.807, 2.05) is 24.7 Å². The minimum Gasteiger partial charge on any atom is -0.329 e. The molecular weight excluding hydrogens is 274 g/mol. The predicted octanol–water partition coefficient (Wildman–Crippen LogP) is -2.20. The van der Waals surface area contributed by atoms with Crippen molar-refractivity contribution >= 4 is 11.8 Å². The Morgan fingerprint density at radius 1 is 1.00 bits per heavy atom. The smallest absolute Gasteiger partial charge is 0.233 e. The molecule has 9 heteroatoms. The van der Waals surface area contributed by atoms with Gasteiger partial charge in [-0.2, -0.15) is 0 Å². The summed E-state index contributed by atoms with van der Waals surface area (Å²) < 4.78 is 0. The Hall–Kier alpha value is -1.26. The number of carbonyl (C=O) groups excluding carboxylic acids is 2. The van der Waals surface area contributed by atoms with Crippen LogP contribution in [0.15, 0.2) is 0 Å². The number of amides is 2. The topological polar surface area (TPSA) is 174 Å². The van der Waals surface area contributed by atoms with E-state index in [2.05, 4.69) is 5.32 Å². The number of hydrazine groups is 2. The molecule has 0 spiro atoms. The van der Waals surface area contributed by atoms with Gasteiger partial charge in [0.15, 0.2) is 0 Å². The third-order valence-electron chi connectivity index (χ3n) is 2.52. The zero-order valence-electron chi connectivity index (χ0n) is 13.0. The Balaban J connectivity index is 0. The van der Waals surface area contributed by atoms with Gasteiger partial charge in [-0.3, -0.25) is 20.4 Å². The standard InChI is InChI=1S/C6H14N4O2.C6H17N3/c7-9-5(11)3-1-2-4-6(12)10-8;1-5(8)4-9-6(2)3-7/h1-4,7-8H2,(H,9,11)(H,10,12);5-6,9H,3-4,7-8H2,1-2H3. The first-order valence-corrected chi connectivity index (χ1v) is 7.05. The van der Waals surface area contributed by atoms with Crippen LogP contribution in [0.5, 0.6) is 0 Å². The largest absolute Gasteiger partial charge is 0.329 e. The highest BCUT2D eigenvalue weighted by Gasteiger charge is 2.00. The Bertz CT molecular complexity index is 256. The molecule has 0 radical (unpaired) electrons. The number of hydrogen-bond donors (Lipinski definition) is 7. The highest BCUT2D eigenvalue weighted by Crippen LogP contribution is 1.98. The van der Waals surface area contributed by atoms with Crippen LogP contribution in [0.2, 0.25) is 0 Å². The van der Waals surface area contributed by atoms with Crippen molar-refractivity contribution in [3.05, 3.63) is 0 Å². The highest BCUT2D eigenvalue weighted by molar-refractivity contribution is 5.76. The van der Waals surface area contributed by atoms with E-state index >= 15 is 0 Å². The van der Waals surface area contributed by atoms with Gasteiger partial charge in [-0.1, -0.05) is 0 Å². The molecule has 2 unspecified atom stereocenters. The Morgan fingerprint density at radius 3 is 1.71 bits per heavy atom. The molecule has 2 amide bonds. The molecular formula is C12H31N7O2. The van der Waals surface area contributed by atoms with E-state index in [0.717, 1.165) is 6.54 Å². The van der Waals surface area contributed by atoms with Gasteiger partial charge < -0.3 is 16.8 Å². The summed E-state index contributed by atoms with van der Waals surface area (Å²) in [5, 5.41) is 3.18. The van der Waals surface area contributed by atoms with Crippen LogP contribution in [0, 0.1) is 0 Å². The minimum atomic E-state index is -0.219. The number of unbranched alkanes of at least 4 members (excludes halogenated alkanes) is 1. The second-order valence-electron chi connectivity index (χ2n) is 4.86. The molecule has 126 valence electrons. The number of hydrogen-bond acceptors (Lipinski definition) is 7. The van der Waals surface area contributed by atoms with Crippen molar-refractivity contribution in [3.63, 3.8) is 0 Å². The van der Waals surface area contributed by atoms with Crippen molar-refractivity contribution in [2.75, 3.05) is 13.1 Å². The van der Waals surface area contributed by atoms with E-state index in [4.69, 9.17) is 23.2 Å². The summed E-state index contributed by atoms with van der Waals surface area (Å²) in [6.07, 6.45) is 1.95. The van der Waals surface area contributed by atoms with Crippen LogP contribution in [-0.4, -0.2) is 37.0 Å². The molecule has 21 heavy (non-hydrogen) atoms. The third-order valence-corrected chi connectivity index (χ3v) is 2.52. The molecule has 0 aromatic rings. The second kappa shape index (κ2) is 15.1. The summed E-state index contributed by atoms with van der Waals surface area (Å²) in [5.41, 5.74) is 14.9. The van der Waals surface area contributed by atoms with Crippen molar-refractivity contribution < 1.29 is 9.59 Å². The van der Waals surface area contributed by atoms with Crippen molar-refractivity contribution in [2.24, 2.45) is 23.2 Å². The first kappa shape index (κ1) is 22.0. The van der Waals surface area contributed by atoms with E-state index < -0.39 is 0 Å². The average Bonchev–Trinajstić information content (AvgIpc) is 2.48. The first-order chi connectivity index (χ1) is 9.87. The van der Waals surface area contributed by atoms with Crippen LogP contribution >= 0.6 is 0 Å². The monoisotopic (exact) mass is 305 g/mol. The SMILES string of the molecule is CC(N)CNC(C)CN.NNC(=O)CCCCC(=O)NN. The molecule has 0 saturated heterocycles. The van der Waals surface area contributed by atoms with Crippen LogP contribution in [0.4, 0.5) is 0 Å². The normalized spacial score (nSPS) is 12.7. The highest BCUT2D eigenvalue weighted by atomic mass is 16.2. The van der Waals surface area contributed by atoms with Gasteiger partial charge >= 0.3 is 0 Å². The summed E-state index contributed by atoms with van der Waals surface area (Å²) >= 11 is 0. The quantitative estimate of drug-likeness (QED) is 0.109. The third kappa shape index (κ3) is 18.7. The summed E-state index contributed by atoms with van der Waals surface area (Å²) in [6, 6.07) is 0.606. The molecule has 0 fully saturated rings. The molecule has 0 rings (SSSR count). The molecule has 0 aliphatic carbocycles. The van der Waals surface area contributed by atoms with E-state index in [-0.39, 0.29) is 17.9 Å². The van der Waals surface area contributed by atoms with Gasteiger partial charge in [0.2, 0.25) is 11.8 Å². The van der Waals surface area contributed by atoms with Crippen LogP contribution in [0.3, 0.4) is 0 Å². The van der Waals surface area contributed by atoms with Gasteiger partial charge in [0.05, 0.1) is 0 Å². The summed E-state index contributed by atoms with van der Waals surface area (Å²) in [4.78, 5) is 21.1. The summed E-state index contributed by atoms with van der Waals surface area (Å²) in [5.74, 6) is 9.24. The lowest BCUT2D eigenvalue weighted by atomic mass is 10.2. The second-order valence-corrected chi connectivity index (χ2v) is 4.86. The minimum absolute atomic E-state index is 0.219. The first-order valence-electron chi connectivity index (χ1n) is 7.05. The predicted molar refractivity (Wildman–Crippen MR) is 83.3 cm³/mol. The van der Waals surface area contributed by atoms with Gasteiger partial charge in [-0.25, -0.2) is 11.7 Å². The Labute approximate surface area is 126 Å². The molecule has 0 heterocycles. The molecule has 9 nitrogen and oxygen atoms in total. The van der Waals surface area contributed by atoms with Gasteiger partial charge in [0.1, 0.15) is 0 Å². The Morgan fingerprint density at radius 2 is 1.43 bits per heavy atom. The molecule has 11 N–H and O–H groups in total. The van der Waals surface area contributed by atoms with E-state index in [9.17, 15) is 9.59 Å². The van der Waals surface area contributed by atoms with Crippen molar-refractivity contribution in [1.82, 2.24) is 16.2 Å². The van der Waals surface area contributed by atoms with Gasteiger partial charge in [-0.05, 0) is 26.7 Å². The average molecular weight is 305 g/mol. The summed E-state index contributed by atoms with van der Waals surface area (Å²) in [7, 11) is 0. The molecule has 0 saturated carbocycles. The van der Waals surface area contributed by atoms with Crippen LogP contribution < -0.4 is 39.3 Å². The Kier molecular flexibility index (Phi) is 15.9. The van der Waals surface area contributed by atoms with E-state index in [1.54, 1.807) is 0 Å². The zero-order valence-corrected chi connectivity index (χ0v) is 13.0. The molecule has 0 aromatic carbocycles. The fourth-order valence-electron chi connectivity index (χ4n) is 1.19. The molecule has 0 aliphatic rings. The molecule has 0 aromatic heterocycles. The molecule has 2 atom stereocenters. The van der Waals surface area contributed by atoms with E-state index in [1.165, 1.54) is 0 Å². The lowest BCUT2D eigenvalue weighted by molar-refractivity contribution is -0.123. The lowest BCUT2D eigenvalue weighted by Gasteiger charge is -2.12. The van der Waals surface area contributed by atoms with Gasteiger partial charge in [0, 0.05) is 38.0 Å². The lowest BCUT2D eigenvalue weighted by Crippen LogP contribution is -2.40. The number of carbonyl (C=O) groups is 2. The maximum absolute atomic E-state index is 10.6. The zero-order chi connectivity index (χ0) is 16.7. The van der Waals surface area contributed by atoms with Crippen molar-refractivity contribution in [2.45, 2.75) is 51.6 Å². The van der Waals surface area contributed by atoms with Gasteiger partial charge in [-0.15, -0.1) is 0 Å². The van der Waals surface area contributed by atoms with E-state index in [0.29, 0.717) is 38.3 Å². The van der Waals surface area contributed by atoms with Crippen LogP contribution in [0.1, 0.15) is 39.5 Å². The van der Waals surface area contributed by atoms with Crippen molar-refractivity contribution in [3.8, 4) is 0 Å². The maximum atomic E-state index is 10.6. The fraction of sp³-hybridized carbons (Fsp3) is 0.833. The summed E-state index contributed by atoms with van der Waals surface area (Å²) in [6.45, 7) is 5.53. The van der Waals surface area contributed by atoms with Crippen molar-refractivity contribution in [1.29, 1.82) is 0 Å². The maximum Gasteiger partial charge on any atom is 0.233 e. The fourth-order valence-corrected chi connectivity index (χ4v) is 1.19. The van der Waals surface area contributed by atoms with Crippen LogP contribution in [-0.2, 0) is 9.59 Å². The van der Waals surface area contributed by atoms with Crippen LogP contribution in [0.25, 0.3) is 0 Å². The molecule has 0 bridgehead atoms. The number of nitrogens with two attached hydrogens (primary N) is 4. The van der Waals surface area contributed by atoms with Gasteiger partial charge in [0.25, 0.3) is 0 Å². The number of nitrogens with one attached hydrogen (secondary N) is 3. The molecule has 0 aliphatic heterocycles.